The minimum absolute atomic E-state index is 0.123. The molecule has 0 aliphatic rings. The molecule has 0 unspecified atom stereocenters. The molecule has 202 valence electrons. The summed E-state index contributed by atoms with van der Waals surface area (Å²) in [6.45, 7) is 0.911. The first kappa shape index (κ1) is 27.4. The third-order valence-corrected chi connectivity index (χ3v) is 6.13. The molecule has 2 N–H and O–H groups in total. The van der Waals surface area contributed by atoms with Crippen LogP contribution in [0, 0.1) is 0 Å². The van der Waals surface area contributed by atoms with E-state index in [-0.39, 0.29) is 30.0 Å². The van der Waals surface area contributed by atoms with Crippen LogP contribution in [0.3, 0.4) is 0 Å². The first-order valence-electron chi connectivity index (χ1n) is 12.8. The summed E-state index contributed by atoms with van der Waals surface area (Å²) in [4.78, 5) is 27.6. The molecule has 0 saturated carbocycles. The second-order valence-corrected chi connectivity index (χ2v) is 8.89. The molecular weight excluding hydrogens is 496 g/mol. The first-order valence-corrected chi connectivity index (χ1v) is 12.8. The Labute approximate surface area is 227 Å². The number of aromatic amines is 1. The zero-order valence-corrected chi connectivity index (χ0v) is 22.1. The molecule has 4 rings (SSSR count). The largest absolute Gasteiger partial charge is 0.497 e. The van der Waals surface area contributed by atoms with Gasteiger partial charge in [0.1, 0.15) is 18.1 Å². The van der Waals surface area contributed by atoms with Crippen LogP contribution in [-0.4, -0.2) is 41.9 Å². The van der Waals surface area contributed by atoms with Crippen LogP contribution in [-0.2, 0) is 24.2 Å². The number of aryl methyl sites for hydroxylation is 2. The van der Waals surface area contributed by atoms with Crippen molar-refractivity contribution in [3.05, 3.63) is 100.0 Å². The van der Waals surface area contributed by atoms with Crippen molar-refractivity contribution in [1.29, 1.82) is 0 Å². The van der Waals surface area contributed by atoms with Gasteiger partial charge in [0.05, 0.1) is 14.2 Å². The molecule has 0 radical (unpaired) electrons. The summed E-state index contributed by atoms with van der Waals surface area (Å²) in [6.07, 6.45) is 2.11. The van der Waals surface area contributed by atoms with Crippen molar-refractivity contribution in [1.82, 2.24) is 20.5 Å². The Bertz CT molecular complexity index is 1440. The molecule has 0 fully saturated rings. The van der Waals surface area contributed by atoms with Crippen molar-refractivity contribution >= 4 is 5.91 Å². The molecule has 0 spiro atoms. The summed E-state index contributed by atoms with van der Waals surface area (Å²) in [6, 6.07) is 23.0. The molecule has 9 heteroatoms. The number of ether oxygens (including phenoxy) is 3. The molecule has 39 heavy (non-hydrogen) atoms. The number of hydrogen-bond acceptors (Lipinski definition) is 7. The summed E-state index contributed by atoms with van der Waals surface area (Å²) in [5.74, 6) is 1.97. The molecule has 1 heterocycles. The monoisotopic (exact) mass is 528 g/mol. The van der Waals surface area contributed by atoms with E-state index < -0.39 is 0 Å². The molecule has 0 bridgehead atoms. The number of rotatable bonds is 13. The maximum Gasteiger partial charge on any atom is 0.273 e. The van der Waals surface area contributed by atoms with Crippen LogP contribution < -0.4 is 25.1 Å². The van der Waals surface area contributed by atoms with Crippen LogP contribution in [0.4, 0.5) is 0 Å². The fraction of sp³-hybridized carbons (Fsp3) is 0.267. The van der Waals surface area contributed by atoms with E-state index in [1.165, 1.54) is 5.56 Å². The molecule has 0 aliphatic heterocycles. The second-order valence-electron chi connectivity index (χ2n) is 8.89. The number of carbonyl (C=O) groups is 1. The van der Waals surface area contributed by atoms with E-state index in [0.717, 1.165) is 24.2 Å². The standard InChI is InChI=1S/C30H32N4O5/c1-37-24-12-6-10-22(18-24)20-39-26-15-13-23(19-27(26)38-2)29-32-30(36)25(33-34-29)14-16-28(35)31-17-7-11-21-8-4-3-5-9-21/h3-6,8-10,12-13,15,18-19H,7,11,14,16-17,20H2,1-2H3,(H,31,35)(H,32,34,36). The van der Waals surface area contributed by atoms with E-state index in [9.17, 15) is 9.59 Å². The number of amides is 1. The Morgan fingerprint density at radius 1 is 0.872 bits per heavy atom. The number of nitrogens with one attached hydrogen (secondary N) is 2. The van der Waals surface area contributed by atoms with Gasteiger partial charge in [0.15, 0.2) is 17.3 Å². The Balaban J connectivity index is 1.30. The molecule has 9 nitrogen and oxygen atoms in total. The van der Waals surface area contributed by atoms with Crippen molar-refractivity contribution in [3.63, 3.8) is 0 Å². The normalized spacial score (nSPS) is 10.6. The topological polar surface area (TPSA) is 115 Å². The summed E-state index contributed by atoms with van der Waals surface area (Å²) < 4.78 is 16.7. The van der Waals surface area contributed by atoms with Crippen molar-refractivity contribution in [2.75, 3.05) is 20.8 Å². The van der Waals surface area contributed by atoms with Gasteiger partial charge in [-0.1, -0.05) is 42.5 Å². The fourth-order valence-electron chi connectivity index (χ4n) is 4.00. The van der Waals surface area contributed by atoms with E-state index in [4.69, 9.17) is 14.2 Å². The van der Waals surface area contributed by atoms with Crippen molar-refractivity contribution in [2.24, 2.45) is 0 Å². The summed E-state index contributed by atoms with van der Waals surface area (Å²) in [5.41, 5.74) is 2.64. The smallest absolute Gasteiger partial charge is 0.273 e. The van der Waals surface area contributed by atoms with E-state index in [1.807, 2.05) is 42.5 Å². The maximum absolute atomic E-state index is 12.6. The number of H-pyrrole nitrogens is 1. The average molecular weight is 529 g/mol. The number of aromatic nitrogens is 3. The van der Waals surface area contributed by atoms with Crippen LogP contribution in [0.15, 0.2) is 77.6 Å². The molecule has 1 amide bonds. The van der Waals surface area contributed by atoms with Gasteiger partial charge in [0.2, 0.25) is 5.91 Å². The maximum atomic E-state index is 12.6. The lowest BCUT2D eigenvalue weighted by Gasteiger charge is -2.12. The molecular formula is C30H32N4O5. The quantitative estimate of drug-likeness (QED) is 0.251. The van der Waals surface area contributed by atoms with Gasteiger partial charge >= 0.3 is 0 Å². The third kappa shape index (κ3) is 7.91. The summed E-state index contributed by atoms with van der Waals surface area (Å²) in [7, 11) is 3.16. The van der Waals surface area contributed by atoms with Gasteiger partial charge in [-0.2, -0.15) is 0 Å². The number of carbonyl (C=O) groups excluding carboxylic acids is 1. The van der Waals surface area contributed by atoms with Gasteiger partial charge in [-0.25, -0.2) is 0 Å². The number of benzene rings is 3. The predicted molar refractivity (Wildman–Crippen MR) is 148 cm³/mol. The van der Waals surface area contributed by atoms with Gasteiger partial charge in [0, 0.05) is 24.9 Å². The third-order valence-electron chi connectivity index (χ3n) is 6.13. The molecule has 0 aliphatic carbocycles. The number of methoxy groups -OCH3 is 2. The van der Waals surface area contributed by atoms with Gasteiger partial charge in [-0.05, 0) is 54.3 Å². The van der Waals surface area contributed by atoms with E-state index >= 15 is 0 Å². The highest BCUT2D eigenvalue weighted by Gasteiger charge is 2.13. The summed E-state index contributed by atoms with van der Waals surface area (Å²) >= 11 is 0. The highest BCUT2D eigenvalue weighted by molar-refractivity contribution is 5.76. The zero-order chi connectivity index (χ0) is 27.5. The van der Waals surface area contributed by atoms with Crippen molar-refractivity contribution in [3.8, 4) is 28.6 Å². The van der Waals surface area contributed by atoms with E-state index in [0.29, 0.717) is 36.0 Å². The molecule has 4 aromatic rings. The predicted octanol–water partition coefficient (Wildman–Crippen LogP) is 4.11. The number of nitrogens with zero attached hydrogens (tertiary/aromatic N) is 2. The summed E-state index contributed by atoms with van der Waals surface area (Å²) in [5, 5.41) is 11.1. The van der Waals surface area contributed by atoms with Crippen LogP contribution >= 0.6 is 0 Å². The second kappa shape index (κ2) is 13.8. The van der Waals surface area contributed by atoms with Crippen LogP contribution in [0.25, 0.3) is 11.4 Å². The number of hydrogen-bond donors (Lipinski definition) is 2. The highest BCUT2D eigenvalue weighted by atomic mass is 16.5. The fourth-order valence-corrected chi connectivity index (χ4v) is 4.00. The van der Waals surface area contributed by atoms with Crippen LogP contribution in [0.2, 0.25) is 0 Å². The van der Waals surface area contributed by atoms with Crippen molar-refractivity contribution in [2.45, 2.75) is 32.3 Å². The first-order chi connectivity index (χ1) is 19.1. The Kier molecular flexibility index (Phi) is 9.66. The zero-order valence-electron chi connectivity index (χ0n) is 22.1. The highest BCUT2D eigenvalue weighted by Crippen LogP contribution is 2.31. The molecule has 0 saturated heterocycles. The SMILES string of the molecule is COc1cccc(COc2ccc(-c3nnc(CCC(=O)NCCCc4ccccc4)c(=O)[nH]3)cc2OC)c1. The van der Waals surface area contributed by atoms with Gasteiger partial charge in [-0.15, -0.1) is 10.2 Å². The van der Waals surface area contributed by atoms with E-state index in [1.54, 1.807) is 32.4 Å². The minimum atomic E-state index is -0.380. The lowest BCUT2D eigenvalue weighted by Crippen LogP contribution is -2.26. The van der Waals surface area contributed by atoms with Gasteiger partial charge in [0.25, 0.3) is 5.56 Å². The Hall–Kier alpha value is -4.66. The van der Waals surface area contributed by atoms with Gasteiger partial charge in [-0.3, -0.25) is 9.59 Å². The van der Waals surface area contributed by atoms with Crippen LogP contribution in [0.1, 0.15) is 29.7 Å². The van der Waals surface area contributed by atoms with E-state index in [2.05, 4.69) is 32.6 Å². The molecule has 1 aromatic heterocycles. The van der Waals surface area contributed by atoms with Crippen molar-refractivity contribution < 1.29 is 19.0 Å². The minimum Gasteiger partial charge on any atom is -0.497 e. The lowest BCUT2D eigenvalue weighted by molar-refractivity contribution is -0.121. The average Bonchev–Trinajstić information content (AvgIpc) is 2.98. The molecule has 3 aromatic carbocycles. The molecule has 0 atom stereocenters. The Morgan fingerprint density at radius 3 is 2.46 bits per heavy atom. The van der Waals surface area contributed by atoms with Gasteiger partial charge < -0.3 is 24.5 Å². The van der Waals surface area contributed by atoms with Crippen LogP contribution in [0.5, 0.6) is 17.2 Å². The Morgan fingerprint density at radius 2 is 1.69 bits per heavy atom. The lowest BCUT2D eigenvalue weighted by atomic mass is 10.1.